The molecule has 0 aromatic heterocycles. The van der Waals surface area contributed by atoms with Crippen molar-refractivity contribution < 1.29 is 14.3 Å². The predicted molar refractivity (Wildman–Crippen MR) is 98.2 cm³/mol. The van der Waals surface area contributed by atoms with Crippen LogP contribution in [0, 0.1) is 6.92 Å². The van der Waals surface area contributed by atoms with Gasteiger partial charge in [-0.1, -0.05) is 29.8 Å². The summed E-state index contributed by atoms with van der Waals surface area (Å²) in [4.78, 5) is 12.5. The number of hydrogen-bond donors (Lipinski definition) is 1. The molecule has 1 amide bonds. The number of aryl methyl sites for hydroxylation is 1. The van der Waals surface area contributed by atoms with Crippen molar-refractivity contribution in [3.05, 3.63) is 65.2 Å². The summed E-state index contributed by atoms with van der Waals surface area (Å²) < 4.78 is 10.7. The van der Waals surface area contributed by atoms with Crippen LogP contribution >= 0.6 is 0 Å². The Bertz CT molecular complexity index is 701. The molecule has 2 aromatic carbocycles. The minimum Gasteiger partial charge on any atom is -0.497 e. The molecule has 0 radical (unpaired) electrons. The van der Waals surface area contributed by atoms with Gasteiger partial charge >= 0.3 is 0 Å². The Balaban J connectivity index is 1.74. The monoisotopic (exact) mass is 339 g/mol. The minimum atomic E-state index is -0.0614. The number of nitrogens with one attached hydrogen (secondary N) is 1. The molecule has 1 fully saturated rings. The number of rotatable bonds is 5. The van der Waals surface area contributed by atoms with Crippen LogP contribution in [0.4, 0.5) is 0 Å². The van der Waals surface area contributed by atoms with E-state index in [1.807, 2.05) is 0 Å². The predicted octanol–water partition coefficient (Wildman–Crippen LogP) is 3.48. The van der Waals surface area contributed by atoms with Gasteiger partial charge in [-0.05, 0) is 49.6 Å². The van der Waals surface area contributed by atoms with Crippen LogP contribution in [0.2, 0.25) is 0 Å². The first kappa shape index (κ1) is 17.5. The zero-order valence-corrected chi connectivity index (χ0v) is 14.9. The first-order valence-corrected chi connectivity index (χ1v) is 8.70. The number of carbonyl (C=O) groups excluding carboxylic acids is 1. The van der Waals surface area contributed by atoms with E-state index in [-0.39, 0.29) is 11.3 Å². The molecule has 0 spiro atoms. The lowest BCUT2D eigenvalue weighted by molar-refractivity contribution is 0.0487. The number of benzene rings is 2. The summed E-state index contributed by atoms with van der Waals surface area (Å²) in [6, 6.07) is 15.8. The smallest absolute Gasteiger partial charge is 0.251 e. The molecule has 1 aliphatic rings. The van der Waals surface area contributed by atoms with Gasteiger partial charge in [0.25, 0.3) is 5.91 Å². The maximum atomic E-state index is 12.5. The van der Waals surface area contributed by atoms with E-state index in [1.54, 1.807) is 31.4 Å². The summed E-state index contributed by atoms with van der Waals surface area (Å²) in [5.41, 5.74) is 3.10. The second kappa shape index (κ2) is 7.70. The summed E-state index contributed by atoms with van der Waals surface area (Å²) in [5.74, 6) is 0.692. The van der Waals surface area contributed by atoms with Gasteiger partial charge in [-0.15, -0.1) is 0 Å². The Morgan fingerprint density at radius 1 is 1.08 bits per heavy atom. The maximum absolute atomic E-state index is 12.5. The number of carbonyl (C=O) groups is 1. The quantitative estimate of drug-likeness (QED) is 0.907. The fourth-order valence-electron chi connectivity index (χ4n) is 3.33. The van der Waals surface area contributed by atoms with Crippen molar-refractivity contribution in [2.75, 3.05) is 26.9 Å². The summed E-state index contributed by atoms with van der Waals surface area (Å²) in [6.07, 6.45) is 1.83. The highest BCUT2D eigenvalue weighted by Crippen LogP contribution is 2.34. The molecule has 1 aliphatic heterocycles. The second-order valence-electron chi connectivity index (χ2n) is 6.67. The molecule has 4 nitrogen and oxygen atoms in total. The lowest BCUT2D eigenvalue weighted by Crippen LogP contribution is -2.44. The first-order chi connectivity index (χ1) is 12.1. The molecule has 1 heterocycles. The average molecular weight is 339 g/mol. The molecule has 4 heteroatoms. The van der Waals surface area contributed by atoms with Gasteiger partial charge in [0, 0.05) is 30.7 Å². The third-order valence-electron chi connectivity index (χ3n) is 5.05. The highest BCUT2D eigenvalue weighted by Gasteiger charge is 2.34. The SMILES string of the molecule is COc1ccc(C(=O)NCC2(c3ccc(C)cc3)CCOCC2)cc1. The highest BCUT2D eigenvalue weighted by atomic mass is 16.5. The number of methoxy groups -OCH3 is 1. The van der Waals surface area contributed by atoms with Gasteiger partial charge in [0.05, 0.1) is 7.11 Å². The van der Waals surface area contributed by atoms with Crippen LogP contribution in [0.25, 0.3) is 0 Å². The fourth-order valence-corrected chi connectivity index (χ4v) is 3.33. The number of hydrogen-bond acceptors (Lipinski definition) is 3. The molecule has 2 aromatic rings. The lowest BCUT2D eigenvalue weighted by Gasteiger charge is -2.38. The molecular weight excluding hydrogens is 314 g/mol. The summed E-state index contributed by atoms with van der Waals surface area (Å²) in [6.45, 7) is 4.16. The largest absolute Gasteiger partial charge is 0.497 e. The van der Waals surface area contributed by atoms with Crippen molar-refractivity contribution in [1.82, 2.24) is 5.32 Å². The topological polar surface area (TPSA) is 47.6 Å². The molecule has 1 N–H and O–H groups in total. The van der Waals surface area contributed by atoms with Crippen molar-refractivity contribution in [2.45, 2.75) is 25.2 Å². The van der Waals surface area contributed by atoms with Gasteiger partial charge in [-0.25, -0.2) is 0 Å². The average Bonchev–Trinajstić information content (AvgIpc) is 2.67. The van der Waals surface area contributed by atoms with Gasteiger partial charge < -0.3 is 14.8 Å². The van der Waals surface area contributed by atoms with E-state index in [0.29, 0.717) is 12.1 Å². The molecule has 3 rings (SSSR count). The van der Waals surface area contributed by atoms with E-state index < -0.39 is 0 Å². The van der Waals surface area contributed by atoms with Crippen molar-refractivity contribution in [2.24, 2.45) is 0 Å². The standard InChI is InChI=1S/C21H25NO3/c1-16-3-7-18(8-4-16)21(11-13-25-14-12-21)15-22-20(23)17-5-9-19(24-2)10-6-17/h3-10H,11-15H2,1-2H3,(H,22,23). The molecule has 132 valence electrons. The summed E-state index contributed by atoms with van der Waals surface area (Å²) >= 11 is 0. The number of ether oxygens (including phenoxy) is 2. The molecule has 1 saturated heterocycles. The van der Waals surface area contributed by atoms with Gasteiger partial charge in [0.15, 0.2) is 0 Å². The maximum Gasteiger partial charge on any atom is 0.251 e. The highest BCUT2D eigenvalue weighted by molar-refractivity contribution is 5.94. The van der Waals surface area contributed by atoms with Crippen LogP contribution in [-0.2, 0) is 10.2 Å². The molecule has 25 heavy (non-hydrogen) atoms. The number of amides is 1. The lowest BCUT2D eigenvalue weighted by atomic mass is 9.74. The van der Waals surface area contributed by atoms with Crippen molar-refractivity contribution in [3.8, 4) is 5.75 Å². The van der Waals surface area contributed by atoms with E-state index in [1.165, 1.54) is 11.1 Å². The van der Waals surface area contributed by atoms with E-state index in [0.717, 1.165) is 31.8 Å². The molecular formula is C21H25NO3. The fraction of sp³-hybridized carbons (Fsp3) is 0.381. The van der Waals surface area contributed by atoms with Crippen LogP contribution < -0.4 is 10.1 Å². The second-order valence-corrected chi connectivity index (χ2v) is 6.67. The molecule has 0 atom stereocenters. The molecule has 0 saturated carbocycles. The van der Waals surface area contributed by atoms with Gasteiger partial charge in [0.1, 0.15) is 5.75 Å². The Hall–Kier alpha value is -2.33. The van der Waals surface area contributed by atoms with E-state index in [2.05, 4.69) is 36.5 Å². The Labute approximate surface area is 149 Å². The van der Waals surface area contributed by atoms with Crippen molar-refractivity contribution in [1.29, 1.82) is 0 Å². The van der Waals surface area contributed by atoms with E-state index in [4.69, 9.17) is 9.47 Å². The summed E-state index contributed by atoms with van der Waals surface area (Å²) in [5, 5.41) is 3.12. The normalized spacial score (nSPS) is 16.2. The van der Waals surface area contributed by atoms with Crippen LogP contribution in [0.1, 0.15) is 34.3 Å². The summed E-state index contributed by atoms with van der Waals surface area (Å²) in [7, 11) is 1.62. The van der Waals surface area contributed by atoms with Gasteiger partial charge in [-0.3, -0.25) is 4.79 Å². The van der Waals surface area contributed by atoms with E-state index >= 15 is 0 Å². The van der Waals surface area contributed by atoms with Crippen molar-refractivity contribution in [3.63, 3.8) is 0 Å². The Morgan fingerprint density at radius 2 is 1.72 bits per heavy atom. The van der Waals surface area contributed by atoms with Crippen LogP contribution in [0.15, 0.2) is 48.5 Å². The van der Waals surface area contributed by atoms with Crippen LogP contribution in [0.5, 0.6) is 5.75 Å². The first-order valence-electron chi connectivity index (χ1n) is 8.70. The van der Waals surface area contributed by atoms with Crippen molar-refractivity contribution >= 4 is 5.91 Å². The van der Waals surface area contributed by atoms with E-state index in [9.17, 15) is 4.79 Å². The Kier molecular flexibility index (Phi) is 5.39. The van der Waals surface area contributed by atoms with Gasteiger partial charge in [0.2, 0.25) is 0 Å². The molecule has 0 aliphatic carbocycles. The molecule has 0 unspecified atom stereocenters. The third-order valence-corrected chi connectivity index (χ3v) is 5.05. The zero-order valence-electron chi connectivity index (χ0n) is 14.9. The zero-order chi connectivity index (χ0) is 17.7. The van der Waals surface area contributed by atoms with Crippen LogP contribution in [-0.4, -0.2) is 32.8 Å². The Morgan fingerprint density at radius 3 is 2.32 bits per heavy atom. The molecule has 0 bridgehead atoms. The minimum absolute atomic E-state index is 0.0550. The van der Waals surface area contributed by atoms with Gasteiger partial charge in [-0.2, -0.15) is 0 Å². The van der Waals surface area contributed by atoms with Crippen LogP contribution in [0.3, 0.4) is 0 Å². The third kappa shape index (κ3) is 4.02.